The number of carbonyl (C=O) groups excluding carboxylic acids is 1. The molecule has 1 fully saturated rings. The minimum absolute atomic E-state index is 0.0835. The summed E-state index contributed by atoms with van der Waals surface area (Å²) >= 11 is 1.66. The first kappa shape index (κ1) is 24.9. The number of anilines is 1. The highest BCUT2D eigenvalue weighted by molar-refractivity contribution is 7.99. The molecule has 0 bridgehead atoms. The molecule has 0 saturated carbocycles. The van der Waals surface area contributed by atoms with Crippen LogP contribution in [-0.4, -0.2) is 55.0 Å². The Morgan fingerprint density at radius 2 is 1.77 bits per heavy atom. The molecule has 1 heterocycles. The van der Waals surface area contributed by atoms with E-state index in [0.29, 0.717) is 36.0 Å². The number of thioether (sulfide) groups is 1. The van der Waals surface area contributed by atoms with Crippen LogP contribution in [0.25, 0.3) is 11.1 Å². The summed E-state index contributed by atoms with van der Waals surface area (Å²) in [6.45, 7) is 2.79. The maximum absolute atomic E-state index is 13.1. The van der Waals surface area contributed by atoms with Crippen LogP contribution in [0.2, 0.25) is 0 Å². The molecule has 1 amide bonds. The number of amides is 1. The number of aliphatic hydroxyl groups excluding tert-OH is 1. The van der Waals surface area contributed by atoms with Crippen LogP contribution in [0.5, 0.6) is 17.2 Å². The van der Waals surface area contributed by atoms with Gasteiger partial charge in [0.25, 0.3) is 5.91 Å². The van der Waals surface area contributed by atoms with Gasteiger partial charge in [-0.25, -0.2) is 0 Å². The van der Waals surface area contributed by atoms with E-state index >= 15 is 0 Å². The van der Waals surface area contributed by atoms with Crippen LogP contribution in [0.1, 0.15) is 13.3 Å². The SMILES string of the molecule is CCSCC(O)COc1ccc(N2CCC(Oc3ccc(-c4ccccc4)cc3)C2=O)cc1OC. The molecule has 184 valence electrons. The van der Waals surface area contributed by atoms with Gasteiger partial charge < -0.3 is 24.2 Å². The van der Waals surface area contributed by atoms with Gasteiger partial charge in [0.1, 0.15) is 12.4 Å². The van der Waals surface area contributed by atoms with Crippen LogP contribution in [0, 0.1) is 0 Å². The smallest absolute Gasteiger partial charge is 0.268 e. The molecule has 3 aromatic rings. The van der Waals surface area contributed by atoms with Crippen LogP contribution in [0.15, 0.2) is 72.8 Å². The lowest BCUT2D eigenvalue weighted by Gasteiger charge is -2.20. The third-order valence-corrected chi connectivity index (χ3v) is 6.83. The zero-order valence-electron chi connectivity index (χ0n) is 20.1. The minimum atomic E-state index is -0.552. The van der Waals surface area contributed by atoms with Gasteiger partial charge in [-0.15, -0.1) is 0 Å². The van der Waals surface area contributed by atoms with Gasteiger partial charge in [0, 0.05) is 30.5 Å². The Balaban J connectivity index is 1.38. The van der Waals surface area contributed by atoms with Gasteiger partial charge >= 0.3 is 0 Å². The molecule has 0 radical (unpaired) electrons. The molecule has 0 aliphatic carbocycles. The van der Waals surface area contributed by atoms with E-state index in [-0.39, 0.29) is 12.5 Å². The largest absolute Gasteiger partial charge is 0.493 e. The summed E-state index contributed by atoms with van der Waals surface area (Å²) in [4.78, 5) is 14.8. The highest BCUT2D eigenvalue weighted by Crippen LogP contribution is 2.34. The predicted molar refractivity (Wildman–Crippen MR) is 141 cm³/mol. The number of carbonyl (C=O) groups is 1. The van der Waals surface area contributed by atoms with Crippen LogP contribution in [-0.2, 0) is 4.79 Å². The fourth-order valence-electron chi connectivity index (χ4n) is 3.97. The van der Waals surface area contributed by atoms with Crippen molar-refractivity contribution in [1.29, 1.82) is 0 Å². The second-order valence-corrected chi connectivity index (χ2v) is 9.55. The maximum Gasteiger partial charge on any atom is 0.268 e. The Morgan fingerprint density at radius 1 is 1.03 bits per heavy atom. The molecule has 1 N–H and O–H groups in total. The van der Waals surface area contributed by atoms with Gasteiger partial charge in [0.15, 0.2) is 17.6 Å². The monoisotopic (exact) mass is 493 g/mol. The Labute approximate surface area is 210 Å². The Hall–Kier alpha value is -3.16. The second kappa shape index (κ2) is 12.0. The third kappa shape index (κ3) is 6.29. The average molecular weight is 494 g/mol. The molecule has 1 aliphatic heterocycles. The third-order valence-electron chi connectivity index (χ3n) is 5.80. The number of ether oxygens (including phenoxy) is 3. The zero-order valence-corrected chi connectivity index (χ0v) is 20.9. The molecule has 35 heavy (non-hydrogen) atoms. The van der Waals surface area contributed by atoms with Gasteiger partial charge in [-0.05, 0) is 41.1 Å². The van der Waals surface area contributed by atoms with Crippen molar-refractivity contribution in [3.63, 3.8) is 0 Å². The molecular formula is C28H31NO5S. The van der Waals surface area contributed by atoms with Crippen molar-refractivity contribution in [3.05, 3.63) is 72.8 Å². The van der Waals surface area contributed by atoms with Crippen LogP contribution >= 0.6 is 11.8 Å². The normalized spacial score (nSPS) is 16.3. The average Bonchev–Trinajstić information content (AvgIpc) is 3.26. The quantitative estimate of drug-likeness (QED) is 0.404. The molecule has 4 rings (SSSR count). The molecule has 1 aliphatic rings. The van der Waals surface area contributed by atoms with E-state index in [1.165, 1.54) is 0 Å². The summed E-state index contributed by atoms with van der Waals surface area (Å²) in [5.41, 5.74) is 2.97. The van der Waals surface area contributed by atoms with E-state index < -0.39 is 12.2 Å². The number of methoxy groups -OCH3 is 1. The van der Waals surface area contributed by atoms with Gasteiger partial charge in [0.05, 0.1) is 13.2 Å². The summed E-state index contributed by atoms with van der Waals surface area (Å²) in [6.07, 6.45) is -0.490. The summed E-state index contributed by atoms with van der Waals surface area (Å²) in [5.74, 6) is 3.21. The van der Waals surface area contributed by atoms with Crippen LogP contribution in [0.3, 0.4) is 0 Å². The topological polar surface area (TPSA) is 68.2 Å². The molecule has 1 saturated heterocycles. The van der Waals surface area contributed by atoms with Crippen molar-refractivity contribution in [3.8, 4) is 28.4 Å². The lowest BCUT2D eigenvalue weighted by Crippen LogP contribution is -2.32. The molecule has 7 heteroatoms. The van der Waals surface area contributed by atoms with E-state index in [9.17, 15) is 9.90 Å². The number of hydrogen-bond acceptors (Lipinski definition) is 6. The Kier molecular flexibility index (Phi) is 8.55. The van der Waals surface area contributed by atoms with E-state index in [2.05, 4.69) is 19.1 Å². The van der Waals surface area contributed by atoms with Crippen molar-refractivity contribution in [1.82, 2.24) is 0 Å². The van der Waals surface area contributed by atoms with Crippen LogP contribution in [0.4, 0.5) is 5.69 Å². The predicted octanol–water partition coefficient (Wildman–Crippen LogP) is 5.04. The number of rotatable bonds is 11. The van der Waals surface area contributed by atoms with Gasteiger partial charge in [-0.3, -0.25) is 4.79 Å². The highest BCUT2D eigenvalue weighted by Gasteiger charge is 2.34. The van der Waals surface area contributed by atoms with Crippen molar-refractivity contribution >= 4 is 23.4 Å². The fourth-order valence-corrected chi connectivity index (χ4v) is 4.58. The second-order valence-electron chi connectivity index (χ2n) is 8.23. The number of nitrogens with zero attached hydrogens (tertiary/aromatic N) is 1. The van der Waals surface area contributed by atoms with Gasteiger partial charge in [0.2, 0.25) is 0 Å². The van der Waals surface area contributed by atoms with E-state index in [4.69, 9.17) is 14.2 Å². The molecular weight excluding hydrogens is 462 g/mol. The molecule has 2 atom stereocenters. The summed E-state index contributed by atoms with van der Waals surface area (Å²) in [5, 5.41) is 10.0. The van der Waals surface area contributed by atoms with Crippen molar-refractivity contribution in [2.75, 3.05) is 36.7 Å². The molecule has 2 unspecified atom stereocenters. The number of hydrogen-bond donors (Lipinski definition) is 1. The summed E-state index contributed by atoms with van der Waals surface area (Å²) in [6, 6.07) is 23.3. The zero-order chi connectivity index (χ0) is 24.6. The standard InChI is InChI=1S/C28H31NO5S/c1-3-35-19-23(30)18-33-25-14-11-22(17-27(25)32-2)29-16-15-26(28(29)31)34-24-12-9-21(10-13-24)20-7-5-4-6-8-20/h4-14,17,23,26,30H,3,15-16,18-19H2,1-2H3. The minimum Gasteiger partial charge on any atom is -0.493 e. The first-order chi connectivity index (χ1) is 17.1. The molecule has 0 spiro atoms. The maximum atomic E-state index is 13.1. The first-order valence-electron chi connectivity index (χ1n) is 11.8. The Morgan fingerprint density at radius 3 is 2.49 bits per heavy atom. The molecule has 3 aromatic carbocycles. The van der Waals surface area contributed by atoms with E-state index in [1.54, 1.807) is 35.9 Å². The lowest BCUT2D eigenvalue weighted by atomic mass is 10.1. The highest BCUT2D eigenvalue weighted by atomic mass is 32.2. The van der Waals surface area contributed by atoms with Crippen molar-refractivity contribution in [2.45, 2.75) is 25.6 Å². The summed E-state index contributed by atoms with van der Waals surface area (Å²) < 4.78 is 17.3. The molecule has 6 nitrogen and oxygen atoms in total. The van der Waals surface area contributed by atoms with Crippen molar-refractivity contribution in [2.24, 2.45) is 0 Å². The van der Waals surface area contributed by atoms with Gasteiger partial charge in [-0.2, -0.15) is 11.8 Å². The van der Waals surface area contributed by atoms with Crippen LogP contribution < -0.4 is 19.1 Å². The Bertz CT molecular complexity index is 1110. The first-order valence-corrected chi connectivity index (χ1v) is 12.9. The summed E-state index contributed by atoms with van der Waals surface area (Å²) in [7, 11) is 1.56. The lowest BCUT2D eigenvalue weighted by molar-refractivity contribution is -0.122. The fraction of sp³-hybridized carbons (Fsp3) is 0.321. The number of benzene rings is 3. The van der Waals surface area contributed by atoms with E-state index in [1.807, 2.05) is 48.5 Å². The number of aliphatic hydroxyl groups is 1. The van der Waals surface area contributed by atoms with Crippen molar-refractivity contribution < 1.29 is 24.1 Å². The van der Waals surface area contributed by atoms with Gasteiger partial charge in [-0.1, -0.05) is 49.4 Å². The molecule has 0 aromatic heterocycles. The van der Waals surface area contributed by atoms with E-state index in [0.717, 1.165) is 22.6 Å².